The summed E-state index contributed by atoms with van der Waals surface area (Å²) >= 11 is 0. The third-order valence-corrected chi connectivity index (χ3v) is 14.8. The molecule has 70 heavy (non-hydrogen) atoms. The number of aromatic nitrogens is 4. The van der Waals surface area contributed by atoms with E-state index in [4.69, 9.17) is 19.4 Å². The zero-order valence-electron chi connectivity index (χ0n) is 41.6. The van der Waals surface area contributed by atoms with Crippen LogP contribution in [0.15, 0.2) is 36.4 Å². The zero-order valence-corrected chi connectivity index (χ0v) is 41.6. The molecule has 2 aromatic heterocycles. The van der Waals surface area contributed by atoms with Crippen LogP contribution in [0.5, 0.6) is 0 Å². The molecule has 3 aliphatic heterocycles. The Kier molecular flexibility index (Phi) is 15.0. The molecule has 0 bridgehead atoms. The highest BCUT2D eigenvalue weighted by Crippen LogP contribution is 2.50. The van der Waals surface area contributed by atoms with E-state index < -0.39 is 59.6 Å². The fraction of sp³-hybridized carbons (Fsp3) is 0.558. The SMILES string of the molecule is CCCC(=O)N(CCC)Cc1nc2cc([C@H]3CC[C@H](c4cc5nc([C@@H]6CCCN6C(=O)[C@@H](NC(=O)OC)[C@@H](C)OC)[nH]c5cc4F)N3c3cc(F)c(N4CCC(C(C)(C)C)CC4)c(F)c3)c(F)cc2[nH]1. The van der Waals surface area contributed by atoms with Crippen molar-refractivity contribution in [2.45, 2.75) is 136 Å². The number of rotatable bonds is 15. The molecule has 0 saturated carbocycles. The summed E-state index contributed by atoms with van der Waals surface area (Å²) in [5.74, 6) is -1.75. The van der Waals surface area contributed by atoms with Gasteiger partial charge >= 0.3 is 6.09 Å². The second-order valence-electron chi connectivity index (χ2n) is 20.3. The Balaban J connectivity index is 1.16. The monoisotopic (exact) mass is 974 g/mol. The average molecular weight is 974 g/mol. The van der Waals surface area contributed by atoms with Gasteiger partial charge in [0.1, 0.15) is 35.0 Å². The fourth-order valence-electron chi connectivity index (χ4n) is 11.0. The van der Waals surface area contributed by atoms with Crippen molar-refractivity contribution >= 4 is 51.3 Å². The largest absolute Gasteiger partial charge is 0.453 e. The van der Waals surface area contributed by atoms with E-state index in [1.807, 2.05) is 13.8 Å². The highest BCUT2D eigenvalue weighted by molar-refractivity contribution is 5.87. The first-order valence-corrected chi connectivity index (χ1v) is 24.8. The molecule has 3 amide bonds. The number of nitrogens with one attached hydrogen (secondary N) is 3. The molecule has 5 atom stereocenters. The van der Waals surface area contributed by atoms with Gasteiger partial charge in [-0.05, 0) is 106 Å². The van der Waals surface area contributed by atoms with Crippen LogP contribution in [-0.2, 0) is 25.6 Å². The topological polar surface area (TPSA) is 152 Å². The first-order valence-electron chi connectivity index (χ1n) is 24.8. The number of halogens is 4. The molecule has 0 radical (unpaired) electrons. The van der Waals surface area contributed by atoms with E-state index >= 15 is 17.6 Å². The molecule has 0 aliphatic carbocycles. The number of alkyl carbamates (subject to hydrolysis) is 1. The summed E-state index contributed by atoms with van der Waals surface area (Å²) in [5, 5.41) is 2.58. The smallest absolute Gasteiger partial charge is 0.407 e. The standard InChI is InChI=1S/C52H67F4N9O5/c1-9-12-46(66)63(18-10-2)28-45-57-38-24-32(34(53)26-40(38)58-45)42-14-15-43(65(42)31-22-36(55)48(37(56)23-31)62-20-16-30(17-21-62)52(4,5)6)33-25-39-41(27-35(33)54)60-49(59-39)44-13-11-19-64(44)50(67)47(29(3)69-7)61-51(68)70-8/h22-27,29-30,42-44,47H,9-21,28H2,1-8H3,(H,57,58)(H,59,60)(H,61,68)/t29-,42-,43-,44+,47+/m1/s1. The Morgan fingerprint density at radius 2 is 1.41 bits per heavy atom. The summed E-state index contributed by atoms with van der Waals surface area (Å²) in [4.78, 5) is 62.1. The van der Waals surface area contributed by atoms with Gasteiger partial charge in [0, 0.05) is 56.5 Å². The summed E-state index contributed by atoms with van der Waals surface area (Å²) in [7, 11) is 2.65. The molecular weight excluding hydrogens is 907 g/mol. The van der Waals surface area contributed by atoms with Gasteiger partial charge < -0.3 is 44.4 Å². The lowest BCUT2D eigenvalue weighted by Crippen LogP contribution is -2.54. The Morgan fingerprint density at radius 1 is 0.800 bits per heavy atom. The van der Waals surface area contributed by atoms with Gasteiger partial charge in [-0.2, -0.15) is 0 Å². The quantitative estimate of drug-likeness (QED) is 0.0871. The van der Waals surface area contributed by atoms with Crippen molar-refractivity contribution in [3.63, 3.8) is 0 Å². The molecule has 0 unspecified atom stereocenters. The van der Waals surface area contributed by atoms with E-state index in [0.717, 1.165) is 19.3 Å². The molecule has 3 fully saturated rings. The predicted molar refractivity (Wildman–Crippen MR) is 260 cm³/mol. The third kappa shape index (κ3) is 10.2. The molecular formula is C52H67F4N9O5. The van der Waals surface area contributed by atoms with Gasteiger partial charge in [-0.1, -0.05) is 34.6 Å². The second kappa shape index (κ2) is 20.8. The third-order valence-electron chi connectivity index (χ3n) is 14.8. The molecule has 3 aromatic carbocycles. The van der Waals surface area contributed by atoms with Gasteiger partial charge in [0.05, 0.1) is 60.0 Å². The van der Waals surface area contributed by atoms with Gasteiger partial charge in [-0.3, -0.25) is 9.59 Å². The normalized spacial score (nSPS) is 19.9. The number of imidazole rings is 2. The van der Waals surface area contributed by atoms with Crippen molar-refractivity contribution in [3.05, 3.63) is 82.4 Å². The lowest BCUT2D eigenvalue weighted by Gasteiger charge is -2.40. The summed E-state index contributed by atoms with van der Waals surface area (Å²) in [5.41, 5.74) is 2.19. The number of amides is 3. The van der Waals surface area contributed by atoms with Gasteiger partial charge in [0.15, 0.2) is 11.6 Å². The minimum Gasteiger partial charge on any atom is -0.453 e. The molecule has 5 heterocycles. The number of piperidine rings is 1. The van der Waals surface area contributed by atoms with Crippen molar-refractivity contribution in [1.29, 1.82) is 0 Å². The highest BCUT2D eigenvalue weighted by atomic mass is 19.1. The number of carbonyl (C=O) groups is 3. The van der Waals surface area contributed by atoms with Crippen LogP contribution < -0.4 is 15.1 Å². The maximum Gasteiger partial charge on any atom is 0.407 e. The number of aromatic amines is 2. The van der Waals surface area contributed by atoms with E-state index in [2.05, 4.69) is 36.1 Å². The minimum absolute atomic E-state index is 0.00652. The lowest BCUT2D eigenvalue weighted by atomic mass is 9.75. The lowest BCUT2D eigenvalue weighted by molar-refractivity contribution is -0.137. The molecule has 0 spiro atoms. The van der Waals surface area contributed by atoms with Gasteiger partial charge in [0.2, 0.25) is 11.8 Å². The van der Waals surface area contributed by atoms with Crippen molar-refractivity contribution in [3.8, 4) is 0 Å². The molecule has 14 nitrogen and oxygen atoms in total. The molecule has 8 rings (SSSR count). The van der Waals surface area contributed by atoms with Crippen LogP contribution >= 0.6 is 0 Å². The number of H-pyrrole nitrogens is 2. The molecule has 3 saturated heterocycles. The number of likely N-dealkylation sites (tertiary alicyclic amines) is 1. The highest BCUT2D eigenvalue weighted by Gasteiger charge is 2.42. The van der Waals surface area contributed by atoms with Crippen molar-refractivity contribution < 1.29 is 41.4 Å². The van der Waals surface area contributed by atoms with E-state index in [1.165, 1.54) is 38.5 Å². The van der Waals surface area contributed by atoms with Crippen molar-refractivity contribution in [2.24, 2.45) is 11.3 Å². The van der Waals surface area contributed by atoms with Crippen LogP contribution in [0.4, 0.5) is 33.7 Å². The van der Waals surface area contributed by atoms with E-state index in [-0.39, 0.29) is 46.3 Å². The minimum atomic E-state index is -1.05. The maximum absolute atomic E-state index is 16.8. The Labute approximate surface area is 406 Å². The number of hydrogen-bond donors (Lipinski definition) is 3. The van der Waals surface area contributed by atoms with Crippen LogP contribution in [-0.4, -0.2) is 100 Å². The number of nitrogens with zero attached hydrogens (tertiary/aromatic N) is 6. The van der Waals surface area contributed by atoms with Crippen LogP contribution in [0.25, 0.3) is 22.1 Å². The first kappa shape index (κ1) is 50.5. The van der Waals surface area contributed by atoms with Crippen molar-refractivity contribution in [2.75, 3.05) is 50.2 Å². The zero-order chi connectivity index (χ0) is 50.2. The number of carbonyl (C=O) groups excluding carboxylic acids is 3. The maximum atomic E-state index is 16.8. The number of benzene rings is 3. The predicted octanol–water partition coefficient (Wildman–Crippen LogP) is 10.3. The fourth-order valence-corrected chi connectivity index (χ4v) is 11.0. The second-order valence-corrected chi connectivity index (χ2v) is 20.3. The number of methoxy groups -OCH3 is 2. The van der Waals surface area contributed by atoms with Gasteiger partial charge in [0.25, 0.3) is 0 Å². The summed E-state index contributed by atoms with van der Waals surface area (Å²) in [6.07, 6.45) is 3.76. The number of ether oxygens (including phenoxy) is 2. The van der Waals surface area contributed by atoms with E-state index in [9.17, 15) is 14.4 Å². The summed E-state index contributed by atoms with van der Waals surface area (Å²) in [6.45, 7) is 14.3. The Morgan fingerprint density at radius 3 is 1.99 bits per heavy atom. The Bertz CT molecular complexity index is 2690. The van der Waals surface area contributed by atoms with Crippen LogP contribution in [0.3, 0.4) is 0 Å². The van der Waals surface area contributed by atoms with Crippen LogP contribution in [0, 0.1) is 34.6 Å². The Hall–Kier alpha value is -5.91. The van der Waals surface area contributed by atoms with Crippen LogP contribution in [0.1, 0.15) is 140 Å². The molecule has 5 aromatic rings. The van der Waals surface area contributed by atoms with E-state index in [0.29, 0.717) is 104 Å². The summed E-state index contributed by atoms with van der Waals surface area (Å²) in [6, 6.07) is 5.30. The number of anilines is 2. The molecule has 18 heteroatoms. The molecule has 3 N–H and O–H groups in total. The molecule has 3 aliphatic rings. The molecule has 378 valence electrons. The number of hydrogen-bond acceptors (Lipinski definition) is 9. The van der Waals surface area contributed by atoms with Crippen molar-refractivity contribution in [1.82, 2.24) is 35.1 Å². The summed E-state index contributed by atoms with van der Waals surface area (Å²) < 4.78 is 77.0. The van der Waals surface area contributed by atoms with Gasteiger partial charge in [-0.25, -0.2) is 32.3 Å². The first-order chi connectivity index (χ1) is 33.4. The number of fused-ring (bicyclic) bond motifs is 2. The average Bonchev–Trinajstić information content (AvgIpc) is 4.15. The van der Waals surface area contributed by atoms with Gasteiger partial charge in [-0.15, -0.1) is 0 Å². The van der Waals surface area contributed by atoms with Crippen LogP contribution in [0.2, 0.25) is 0 Å². The van der Waals surface area contributed by atoms with E-state index in [1.54, 1.807) is 38.7 Å².